The number of oxazole rings is 1. The van der Waals surface area contributed by atoms with Gasteiger partial charge in [-0.3, -0.25) is 0 Å². The van der Waals surface area contributed by atoms with Crippen molar-refractivity contribution in [1.29, 1.82) is 0 Å². The van der Waals surface area contributed by atoms with Crippen LogP contribution in [0.5, 0.6) is 0 Å². The summed E-state index contributed by atoms with van der Waals surface area (Å²) in [6.45, 7) is 0.843. The fourth-order valence-corrected chi connectivity index (χ4v) is 2.08. The Balaban J connectivity index is 1.57. The van der Waals surface area contributed by atoms with E-state index in [1.165, 1.54) is 0 Å². The highest BCUT2D eigenvalue weighted by atomic mass is 35.5. The summed E-state index contributed by atoms with van der Waals surface area (Å²) in [5.41, 5.74) is 2.07. The maximum Gasteiger partial charge on any atom is 0.220 e. The first kappa shape index (κ1) is 13.9. The lowest BCUT2D eigenvalue weighted by Crippen LogP contribution is -1.93. The Labute approximate surface area is 128 Å². The monoisotopic (exact) mass is 299 g/mol. The van der Waals surface area contributed by atoms with Gasteiger partial charge in [-0.25, -0.2) is 4.98 Å². The fraction of sp³-hybridized carbons (Fsp3) is 0.118. The number of rotatable bonds is 5. The predicted molar refractivity (Wildman–Crippen MR) is 81.9 cm³/mol. The molecule has 0 N–H and O–H groups in total. The van der Waals surface area contributed by atoms with Gasteiger partial charge in [-0.15, -0.1) is 0 Å². The lowest BCUT2D eigenvalue weighted by atomic mass is 10.2. The first-order valence-electron chi connectivity index (χ1n) is 6.63. The third-order valence-corrected chi connectivity index (χ3v) is 3.27. The number of aromatic nitrogens is 1. The van der Waals surface area contributed by atoms with E-state index < -0.39 is 0 Å². The van der Waals surface area contributed by atoms with Crippen LogP contribution in [0.1, 0.15) is 11.5 Å². The van der Waals surface area contributed by atoms with Crippen molar-refractivity contribution < 1.29 is 9.15 Å². The van der Waals surface area contributed by atoms with Gasteiger partial charge in [0.15, 0.2) is 5.76 Å². The summed E-state index contributed by atoms with van der Waals surface area (Å²) in [4.78, 5) is 4.23. The van der Waals surface area contributed by atoms with Gasteiger partial charge in [-0.1, -0.05) is 54.1 Å². The zero-order chi connectivity index (χ0) is 14.5. The van der Waals surface area contributed by atoms with Crippen LogP contribution in [0.2, 0.25) is 5.02 Å². The zero-order valence-electron chi connectivity index (χ0n) is 11.3. The van der Waals surface area contributed by atoms with Crippen LogP contribution in [0, 0.1) is 0 Å². The molecule has 2 aromatic carbocycles. The van der Waals surface area contributed by atoms with Crippen LogP contribution >= 0.6 is 11.6 Å². The molecular formula is C17H14ClNO2. The molecule has 1 heterocycles. The highest BCUT2D eigenvalue weighted by Crippen LogP contribution is 2.20. The van der Waals surface area contributed by atoms with E-state index in [-0.39, 0.29) is 0 Å². The highest BCUT2D eigenvalue weighted by molar-refractivity contribution is 6.30. The molecule has 4 heteroatoms. The summed E-state index contributed by atoms with van der Waals surface area (Å²) in [6, 6.07) is 17.4. The lowest BCUT2D eigenvalue weighted by Gasteiger charge is -2.02. The average Bonchev–Trinajstić information content (AvgIpc) is 2.99. The molecule has 3 aromatic rings. The molecule has 0 aliphatic carbocycles. The molecule has 0 aliphatic heterocycles. The quantitative estimate of drug-likeness (QED) is 0.684. The van der Waals surface area contributed by atoms with Crippen LogP contribution in [0.3, 0.4) is 0 Å². The topological polar surface area (TPSA) is 35.3 Å². The second-order valence-corrected chi connectivity index (χ2v) is 5.04. The maximum atomic E-state index is 5.84. The van der Waals surface area contributed by atoms with E-state index in [2.05, 4.69) is 4.98 Å². The normalized spacial score (nSPS) is 10.7. The summed E-state index contributed by atoms with van der Waals surface area (Å²) in [7, 11) is 0. The summed E-state index contributed by atoms with van der Waals surface area (Å²) < 4.78 is 11.3. The van der Waals surface area contributed by atoms with Crippen molar-refractivity contribution in [3.8, 4) is 11.3 Å². The molecule has 0 aliphatic rings. The Kier molecular flexibility index (Phi) is 4.34. The Hall–Kier alpha value is -2.10. The third kappa shape index (κ3) is 3.72. The van der Waals surface area contributed by atoms with E-state index in [9.17, 15) is 0 Å². The van der Waals surface area contributed by atoms with Crippen LogP contribution in [0.15, 0.2) is 65.2 Å². The van der Waals surface area contributed by atoms with E-state index >= 15 is 0 Å². The first-order valence-corrected chi connectivity index (χ1v) is 7.01. The molecule has 0 saturated carbocycles. The van der Waals surface area contributed by atoms with Gasteiger partial charge in [0, 0.05) is 10.6 Å². The summed E-state index contributed by atoms with van der Waals surface area (Å²) in [6.07, 6.45) is 1.72. The van der Waals surface area contributed by atoms with Crippen molar-refractivity contribution in [2.45, 2.75) is 13.2 Å². The Morgan fingerprint density at radius 3 is 2.48 bits per heavy atom. The van der Waals surface area contributed by atoms with Crippen molar-refractivity contribution >= 4 is 11.6 Å². The minimum Gasteiger partial charge on any atom is -0.438 e. The molecule has 21 heavy (non-hydrogen) atoms. The van der Waals surface area contributed by atoms with E-state index in [1.807, 2.05) is 54.6 Å². The molecule has 3 rings (SSSR count). The number of hydrogen-bond donors (Lipinski definition) is 0. The Bertz CT molecular complexity index is 692. The number of nitrogens with zero attached hydrogens (tertiary/aromatic N) is 1. The predicted octanol–water partition coefficient (Wildman–Crippen LogP) is 4.71. The first-order chi connectivity index (χ1) is 10.3. The minimum absolute atomic E-state index is 0.343. The summed E-state index contributed by atoms with van der Waals surface area (Å²) in [5.74, 6) is 1.32. The average molecular weight is 300 g/mol. The van der Waals surface area contributed by atoms with Crippen LogP contribution in [0.25, 0.3) is 11.3 Å². The van der Waals surface area contributed by atoms with E-state index in [0.29, 0.717) is 19.1 Å². The Morgan fingerprint density at radius 1 is 0.952 bits per heavy atom. The summed E-state index contributed by atoms with van der Waals surface area (Å²) >= 11 is 5.84. The summed E-state index contributed by atoms with van der Waals surface area (Å²) in [5, 5.41) is 0.721. The van der Waals surface area contributed by atoms with Crippen molar-refractivity contribution in [1.82, 2.24) is 4.98 Å². The minimum atomic E-state index is 0.343. The third-order valence-electron chi connectivity index (χ3n) is 3.02. The smallest absolute Gasteiger partial charge is 0.220 e. The van der Waals surface area contributed by atoms with Crippen LogP contribution in [-0.4, -0.2) is 4.98 Å². The molecule has 3 nitrogen and oxygen atoms in total. The van der Waals surface area contributed by atoms with E-state index in [4.69, 9.17) is 20.8 Å². The van der Waals surface area contributed by atoms with Gasteiger partial charge in [0.05, 0.1) is 12.8 Å². The van der Waals surface area contributed by atoms with Gasteiger partial charge in [0.1, 0.15) is 6.61 Å². The molecule has 0 unspecified atom stereocenters. The molecule has 0 atom stereocenters. The number of benzene rings is 2. The van der Waals surface area contributed by atoms with Gasteiger partial charge in [-0.2, -0.15) is 0 Å². The molecule has 0 saturated heterocycles. The van der Waals surface area contributed by atoms with Gasteiger partial charge >= 0.3 is 0 Å². The number of ether oxygens (including phenoxy) is 1. The molecule has 0 spiro atoms. The molecule has 0 radical (unpaired) electrons. The second kappa shape index (κ2) is 6.57. The number of hydrogen-bond acceptors (Lipinski definition) is 3. The molecule has 0 fully saturated rings. The second-order valence-electron chi connectivity index (χ2n) is 4.60. The Morgan fingerprint density at radius 2 is 1.71 bits per heavy atom. The molecule has 0 amide bonds. The van der Waals surface area contributed by atoms with Gasteiger partial charge < -0.3 is 9.15 Å². The maximum absolute atomic E-state index is 5.84. The van der Waals surface area contributed by atoms with Gasteiger partial charge in [0.2, 0.25) is 5.89 Å². The molecular weight excluding hydrogens is 286 g/mol. The van der Waals surface area contributed by atoms with Crippen molar-refractivity contribution in [2.75, 3.05) is 0 Å². The molecule has 0 bridgehead atoms. The fourth-order valence-electron chi connectivity index (χ4n) is 1.95. The van der Waals surface area contributed by atoms with Crippen LogP contribution < -0.4 is 0 Å². The lowest BCUT2D eigenvalue weighted by molar-refractivity contribution is 0.0900. The van der Waals surface area contributed by atoms with Crippen molar-refractivity contribution in [2.24, 2.45) is 0 Å². The van der Waals surface area contributed by atoms with E-state index in [1.54, 1.807) is 6.20 Å². The van der Waals surface area contributed by atoms with Crippen molar-refractivity contribution in [3.63, 3.8) is 0 Å². The van der Waals surface area contributed by atoms with Crippen LogP contribution in [-0.2, 0) is 18.0 Å². The molecule has 1 aromatic heterocycles. The molecule has 106 valence electrons. The van der Waals surface area contributed by atoms with Gasteiger partial charge in [0.25, 0.3) is 0 Å². The van der Waals surface area contributed by atoms with Crippen LogP contribution in [0.4, 0.5) is 0 Å². The SMILES string of the molecule is Clc1ccc(COCc2ncc(-c3ccccc3)o2)cc1. The highest BCUT2D eigenvalue weighted by Gasteiger charge is 2.06. The standard InChI is InChI=1S/C17H14ClNO2/c18-15-8-6-13(7-9-15)11-20-12-17-19-10-16(21-17)14-4-2-1-3-5-14/h1-10H,11-12H2. The van der Waals surface area contributed by atoms with Gasteiger partial charge in [-0.05, 0) is 17.7 Å². The number of halogens is 1. The largest absolute Gasteiger partial charge is 0.438 e. The van der Waals surface area contributed by atoms with E-state index in [0.717, 1.165) is 21.9 Å². The van der Waals surface area contributed by atoms with Crippen molar-refractivity contribution in [3.05, 3.63) is 77.3 Å². The zero-order valence-corrected chi connectivity index (χ0v) is 12.1.